The minimum absolute atomic E-state index is 0.0290. The number of nitro benzene ring substituents is 1. The van der Waals surface area contributed by atoms with Crippen LogP contribution in [0.5, 0.6) is 0 Å². The number of nitrogens with zero attached hydrogens (tertiary/aromatic N) is 1. The smallest absolute Gasteiger partial charge is 0.326 e. The van der Waals surface area contributed by atoms with Gasteiger partial charge in [0, 0.05) is 17.3 Å². The third kappa shape index (κ3) is 4.24. The van der Waals surface area contributed by atoms with Crippen molar-refractivity contribution < 1.29 is 14.8 Å². The van der Waals surface area contributed by atoms with E-state index in [1.54, 1.807) is 13.0 Å². The summed E-state index contributed by atoms with van der Waals surface area (Å²) >= 11 is 0. The molecule has 19 heavy (non-hydrogen) atoms. The summed E-state index contributed by atoms with van der Waals surface area (Å²) in [4.78, 5) is 21.4. The number of aliphatic carboxylic acids is 1. The van der Waals surface area contributed by atoms with Crippen molar-refractivity contribution in [1.29, 1.82) is 0 Å². The number of carbonyl (C=O) groups is 1. The average molecular weight is 266 g/mol. The van der Waals surface area contributed by atoms with Crippen molar-refractivity contribution >= 4 is 17.3 Å². The molecule has 1 atom stereocenters. The van der Waals surface area contributed by atoms with Gasteiger partial charge in [0.2, 0.25) is 0 Å². The zero-order valence-electron chi connectivity index (χ0n) is 11.2. The molecular weight excluding hydrogens is 248 g/mol. The monoisotopic (exact) mass is 266 g/mol. The second-order valence-electron chi connectivity index (χ2n) is 4.92. The van der Waals surface area contributed by atoms with Crippen molar-refractivity contribution in [3.05, 3.63) is 33.9 Å². The van der Waals surface area contributed by atoms with E-state index < -0.39 is 16.9 Å². The fraction of sp³-hybridized carbons (Fsp3) is 0.462. The quantitative estimate of drug-likeness (QED) is 0.610. The molecule has 0 aliphatic rings. The van der Waals surface area contributed by atoms with E-state index in [4.69, 9.17) is 5.11 Å². The summed E-state index contributed by atoms with van der Waals surface area (Å²) < 4.78 is 0. The molecule has 0 spiro atoms. The van der Waals surface area contributed by atoms with Crippen LogP contribution in [0.1, 0.15) is 25.8 Å². The molecule has 1 rings (SSSR count). The Hall–Kier alpha value is -2.11. The van der Waals surface area contributed by atoms with Crippen molar-refractivity contribution in [2.75, 3.05) is 5.32 Å². The summed E-state index contributed by atoms with van der Waals surface area (Å²) in [6, 6.07) is 3.81. The molecule has 104 valence electrons. The molecule has 0 aliphatic carbocycles. The van der Waals surface area contributed by atoms with Crippen molar-refractivity contribution in [3.63, 3.8) is 0 Å². The van der Waals surface area contributed by atoms with Crippen molar-refractivity contribution in [2.45, 2.75) is 33.2 Å². The van der Waals surface area contributed by atoms with Gasteiger partial charge in [-0.2, -0.15) is 0 Å². The summed E-state index contributed by atoms with van der Waals surface area (Å²) in [5, 5.41) is 22.7. The molecule has 0 aliphatic heterocycles. The Labute approximate surface area is 111 Å². The first kappa shape index (κ1) is 14.9. The van der Waals surface area contributed by atoms with Crippen LogP contribution in [-0.4, -0.2) is 22.0 Å². The van der Waals surface area contributed by atoms with Crippen LogP contribution >= 0.6 is 0 Å². The predicted molar refractivity (Wildman–Crippen MR) is 72.3 cm³/mol. The third-order valence-corrected chi connectivity index (χ3v) is 2.74. The lowest BCUT2D eigenvalue weighted by Crippen LogP contribution is -2.30. The highest BCUT2D eigenvalue weighted by Crippen LogP contribution is 2.22. The van der Waals surface area contributed by atoms with Gasteiger partial charge in [-0.25, -0.2) is 4.79 Å². The zero-order chi connectivity index (χ0) is 14.6. The summed E-state index contributed by atoms with van der Waals surface area (Å²) in [5.41, 5.74) is 1.11. The highest BCUT2D eigenvalue weighted by Gasteiger charge is 2.19. The van der Waals surface area contributed by atoms with Crippen LogP contribution in [0.15, 0.2) is 18.2 Å². The maximum Gasteiger partial charge on any atom is 0.326 e. The molecule has 1 aromatic carbocycles. The molecule has 0 unspecified atom stereocenters. The topological polar surface area (TPSA) is 92.5 Å². The molecule has 0 heterocycles. The average Bonchev–Trinajstić information content (AvgIpc) is 2.26. The number of hydrogen-bond donors (Lipinski definition) is 2. The van der Waals surface area contributed by atoms with E-state index in [0.29, 0.717) is 17.7 Å². The Kier molecular flexibility index (Phi) is 4.86. The Morgan fingerprint density at radius 1 is 1.47 bits per heavy atom. The lowest BCUT2D eigenvalue weighted by Gasteiger charge is -2.17. The first-order valence-electron chi connectivity index (χ1n) is 6.05. The molecule has 6 heteroatoms. The summed E-state index contributed by atoms with van der Waals surface area (Å²) in [6.07, 6.45) is 0.491. The largest absolute Gasteiger partial charge is 0.480 e. The molecule has 2 N–H and O–H groups in total. The minimum Gasteiger partial charge on any atom is -0.480 e. The minimum atomic E-state index is -0.926. The number of carboxylic acids is 1. The van der Waals surface area contributed by atoms with Crippen molar-refractivity contribution in [1.82, 2.24) is 0 Å². The molecular formula is C13H18N2O4. The number of carboxylic acid groups (broad SMARTS) is 1. The van der Waals surface area contributed by atoms with E-state index in [-0.39, 0.29) is 11.6 Å². The fourth-order valence-electron chi connectivity index (χ4n) is 1.84. The predicted octanol–water partition coefficient (Wildman–Crippen LogP) is 2.81. The van der Waals surface area contributed by atoms with E-state index in [1.807, 2.05) is 13.8 Å². The molecule has 0 bridgehead atoms. The first-order chi connectivity index (χ1) is 8.81. The van der Waals surface area contributed by atoms with Gasteiger partial charge < -0.3 is 10.4 Å². The Balaban J connectivity index is 2.88. The van der Waals surface area contributed by atoms with Gasteiger partial charge >= 0.3 is 5.97 Å². The van der Waals surface area contributed by atoms with Crippen LogP contribution in [0.3, 0.4) is 0 Å². The standard InChI is InChI=1S/C13H18N2O4/c1-8(2)6-11(13(16)17)14-10-4-5-12(15(18)19)9(3)7-10/h4-5,7-8,11,14H,6H2,1-3H3,(H,16,17)/t11-/m0/s1. The third-order valence-electron chi connectivity index (χ3n) is 2.74. The van der Waals surface area contributed by atoms with E-state index in [1.165, 1.54) is 12.1 Å². The zero-order valence-corrected chi connectivity index (χ0v) is 11.2. The Morgan fingerprint density at radius 2 is 2.11 bits per heavy atom. The SMILES string of the molecule is Cc1cc(N[C@@H](CC(C)C)C(=O)O)ccc1[N+](=O)[O-]. The lowest BCUT2D eigenvalue weighted by atomic mass is 10.0. The van der Waals surface area contributed by atoms with Crippen LogP contribution in [0.4, 0.5) is 11.4 Å². The molecule has 0 amide bonds. The summed E-state index contributed by atoms with van der Waals surface area (Å²) in [7, 11) is 0. The van der Waals surface area contributed by atoms with E-state index in [0.717, 1.165) is 0 Å². The molecule has 0 aromatic heterocycles. The number of nitro groups is 1. The van der Waals surface area contributed by atoms with E-state index in [9.17, 15) is 14.9 Å². The van der Waals surface area contributed by atoms with Gasteiger partial charge in [-0.3, -0.25) is 10.1 Å². The van der Waals surface area contributed by atoms with Crippen LogP contribution in [-0.2, 0) is 4.79 Å². The van der Waals surface area contributed by atoms with Gasteiger partial charge in [0.05, 0.1) is 4.92 Å². The highest BCUT2D eigenvalue weighted by molar-refractivity contribution is 5.77. The maximum absolute atomic E-state index is 11.1. The first-order valence-corrected chi connectivity index (χ1v) is 6.05. The number of hydrogen-bond acceptors (Lipinski definition) is 4. The summed E-state index contributed by atoms with van der Waals surface area (Å²) in [6.45, 7) is 5.51. The number of anilines is 1. The Morgan fingerprint density at radius 3 is 2.53 bits per heavy atom. The normalized spacial score (nSPS) is 12.2. The number of aryl methyl sites for hydroxylation is 1. The van der Waals surface area contributed by atoms with Crippen LogP contribution in [0.25, 0.3) is 0 Å². The fourth-order valence-corrected chi connectivity index (χ4v) is 1.84. The number of nitrogens with one attached hydrogen (secondary N) is 1. The van der Waals surface area contributed by atoms with Gasteiger partial charge in [0.15, 0.2) is 0 Å². The number of benzene rings is 1. The van der Waals surface area contributed by atoms with Crippen LogP contribution in [0, 0.1) is 23.0 Å². The van der Waals surface area contributed by atoms with Gasteiger partial charge in [-0.15, -0.1) is 0 Å². The van der Waals surface area contributed by atoms with Gasteiger partial charge in [0.1, 0.15) is 6.04 Å². The molecule has 1 aromatic rings. The second kappa shape index (κ2) is 6.17. The van der Waals surface area contributed by atoms with E-state index >= 15 is 0 Å². The highest BCUT2D eigenvalue weighted by atomic mass is 16.6. The van der Waals surface area contributed by atoms with Crippen molar-refractivity contribution in [3.8, 4) is 0 Å². The lowest BCUT2D eigenvalue weighted by molar-refractivity contribution is -0.385. The molecule has 0 fully saturated rings. The molecule has 0 radical (unpaired) electrons. The van der Waals surface area contributed by atoms with Gasteiger partial charge in [-0.05, 0) is 31.4 Å². The van der Waals surface area contributed by atoms with E-state index in [2.05, 4.69) is 5.32 Å². The van der Waals surface area contributed by atoms with Gasteiger partial charge in [-0.1, -0.05) is 13.8 Å². The summed E-state index contributed by atoms with van der Waals surface area (Å²) in [5.74, 6) is -0.683. The number of rotatable bonds is 6. The van der Waals surface area contributed by atoms with Crippen LogP contribution in [0.2, 0.25) is 0 Å². The molecule has 0 saturated heterocycles. The Bertz CT molecular complexity index is 486. The van der Waals surface area contributed by atoms with Crippen LogP contribution < -0.4 is 5.32 Å². The second-order valence-corrected chi connectivity index (χ2v) is 4.92. The molecule has 0 saturated carbocycles. The molecule has 6 nitrogen and oxygen atoms in total. The van der Waals surface area contributed by atoms with Crippen molar-refractivity contribution in [2.24, 2.45) is 5.92 Å². The maximum atomic E-state index is 11.1. The van der Waals surface area contributed by atoms with Gasteiger partial charge in [0.25, 0.3) is 5.69 Å².